The van der Waals surface area contributed by atoms with Gasteiger partial charge in [0.25, 0.3) is 5.91 Å². The highest BCUT2D eigenvalue weighted by atomic mass is 79.9. The summed E-state index contributed by atoms with van der Waals surface area (Å²) in [4.78, 5) is 12.0. The van der Waals surface area contributed by atoms with Crippen LogP contribution in [-0.4, -0.2) is 12.0 Å². The van der Waals surface area contributed by atoms with Crippen molar-refractivity contribution in [1.82, 2.24) is 0 Å². The Labute approximate surface area is 124 Å². The van der Waals surface area contributed by atoms with Crippen molar-refractivity contribution in [3.8, 4) is 5.75 Å². The molecule has 0 spiro atoms. The molecule has 3 nitrogen and oxygen atoms in total. The SMILES string of the molecule is CC(Oc1ccc(F)cc1)C(=O)Nc1ccccc1Br. The summed E-state index contributed by atoms with van der Waals surface area (Å²) >= 11 is 3.35. The Morgan fingerprint density at radius 2 is 1.85 bits per heavy atom. The molecular weight excluding hydrogens is 325 g/mol. The van der Waals surface area contributed by atoms with Gasteiger partial charge in [0.15, 0.2) is 6.10 Å². The second-order valence-electron chi connectivity index (χ2n) is 4.18. The molecule has 0 fully saturated rings. The second kappa shape index (κ2) is 6.52. The van der Waals surface area contributed by atoms with Gasteiger partial charge in [-0.05, 0) is 59.3 Å². The summed E-state index contributed by atoms with van der Waals surface area (Å²) in [6, 6.07) is 12.8. The van der Waals surface area contributed by atoms with Gasteiger partial charge >= 0.3 is 0 Å². The maximum atomic E-state index is 12.8. The van der Waals surface area contributed by atoms with Gasteiger partial charge in [0.05, 0.1) is 5.69 Å². The zero-order chi connectivity index (χ0) is 14.5. The van der Waals surface area contributed by atoms with Gasteiger partial charge in [0.2, 0.25) is 0 Å². The average molecular weight is 338 g/mol. The first kappa shape index (κ1) is 14.5. The molecule has 0 saturated heterocycles. The van der Waals surface area contributed by atoms with Crippen molar-refractivity contribution in [2.45, 2.75) is 13.0 Å². The number of halogens is 2. The van der Waals surface area contributed by atoms with E-state index in [0.29, 0.717) is 11.4 Å². The Bertz CT molecular complexity index is 601. The Kier molecular flexibility index (Phi) is 4.74. The van der Waals surface area contributed by atoms with Crippen LogP contribution in [0.3, 0.4) is 0 Å². The largest absolute Gasteiger partial charge is 0.481 e. The van der Waals surface area contributed by atoms with E-state index in [1.165, 1.54) is 24.3 Å². The lowest BCUT2D eigenvalue weighted by molar-refractivity contribution is -0.122. The molecule has 5 heteroatoms. The fourth-order valence-corrected chi connectivity index (χ4v) is 1.95. The zero-order valence-corrected chi connectivity index (χ0v) is 12.4. The molecule has 2 rings (SSSR count). The lowest BCUT2D eigenvalue weighted by atomic mass is 10.3. The third-order valence-corrected chi connectivity index (χ3v) is 3.32. The minimum atomic E-state index is -0.687. The van der Waals surface area contributed by atoms with Crippen LogP contribution in [0.15, 0.2) is 53.0 Å². The van der Waals surface area contributed by atoms with Gasteiger partial charge in [-0.25, -0.2) is 4.39 Å². The Hall–Kier alpha value is -1.88. The molecule has 1 unspecified atom stereocenters. The minimum Gasteiger partial charge on any atom is -0.481 e. The summed E-state index contributed by atoms with van der Waals surface area (Å²) in [5.74, 6) is -0.176. The molecule has 0 heterocycles. The molecular formula is C15H13BrFNO2. The number of carbonyl (C=O) groups excluding carboxylic acids is 1. The monoisotopic (exact) mass is 337 g/mol. The normalized spacial score (nSPS) is 11.8. The second-order valence-corrected chi connectivity index (χ2v) is 5.04. The molecule has 1 amide bonds. The predicted octanol–water partition coefficient (Wildman–Crippen LogP) is 3.99. The maximum absolute atomic E-state index is 12.8. The van der Waals surface area contributed by atoms with E-state index < -0.39 is 6.10 Å². The highest BCUT2D eigenvalue weighted by Gasteiger charge is 2.15. The van der Waals surface area contributed by atoms with Gasteiger partial charge < -0.3 is 10.1 Å². The molecule has 0 aromatic heterocycles. The van der Waals surface area contributed by atoms with E-state index in [2.05, 4.69) is 21.2 Å². The first-order valence-electron chi connectivity index (χ1n) is 6.04. The van der Waals surface area contributed by atoms with Crippen molar-refractivity contribution in [2.24, 2.45) is 0 Å². The van der Waals surface area contributed by atoms with Crippen LogP contribution < -0.4 is 10.1 Å². The van der Waals surface area contributed by atoms with Crippen LogP contribution in [0.4, 0.5) is 10.1 Å². The zero-order valence-electron chi connectivity index (χ0n) is 10.8. The number of anilines is 1. The van der Waals surface area contributed by atoms with Gasteiger partial charge in [0, 0.05) is 4.47 Å². The average Bonchev–Trinajstić information content (AvgIpc) is 2.44. The lowest BCUT2D eigenvalue weighted by Gasteiger charge is -2.15. The lowest BCUT2D eigenvalue weighted by Crippen LogP contribution is -2.30. The molecule has 104 valence electrons. The van der Waals surface area contributed by atoms with Crippen molar-refractivity contribution in [3.05, 3.63) is 58.8 Å². The molecule has 20 heavy (non-hydrogen) atoms. The molecule has 0 aliphatic rings. The fraction of sp³-hybridized carbons (Fsp3) is 0.133. The standard InChI is InChI=1S/C15H13BrFNO2/c1-10(20-12-8-6-11(17)7-9-12)15(19)18-14-5-3-2-4-13(14)16/h2-10H,1H3,(H,18,19). The number of hydrogen-bond acceptors (Lipinski definition) is 2. The Morgan fingerprint density at radius 3 is 2.50 bits per heavy atom. The summed E-state index contributed by atoms with van der Waals surface area (Å²) in [5.41, 5.74) is 0.673. The Morgan fingerprint density at radius 1 is 1.20 bits per heavy atom. The van der Waals surface area contributed by atoms with E-state index in [4.69, 9.17) is 4.74 Å². The first-order valence-corrected chi connectivity index (χ1v) is 6.83. The van der Waals surface area contributed by atoms with E-state index in [1.54, 1.807) is 13.0 Å². The summed E-state index contributed by atoms with van der Waals surface area (Å²) in [6.45, 7) is 1.63. The molecule has 0 radical (unpaired) electrons. The van der Waals surface area contributed by atoms with Gasteiger partial charge in [-0.1, -0.05) is 12.1 Å². The van der Waals surface area contributed by atoms with Crippen molar-refractivity contribution in [3.63, 3.8) is 0 Å². The van der Waals surface area contributed by atoms with Crippen LogP contribution >= 0.6 is 15.9 Å². The van der Waals surface area contributed by atoms with Crippen molar-refractivity contribution in [1.29, 1.82) is 0 Å². The third-order valence-electron chi connectivity index (χ3n) is 2.63. The summed E-state index contributed by atoms with van der Waals surface area (Å²) in [7, 11) is 0. The predicted molar refractivity (Wildman–Crippen MR) is 79.3 cm³/mol. The minimum absolute atomic E-state index is 0.277. The van der Waals surface area contributed by atoms with Gasteiger partial charge in [-0.3, -0.25) is 4.79 Å². The Balaban J connectivity index is 1.99. The van der Waals surface area contributed by atoms with Crippen molar-refractivity contribution < 1.29 is 13.9 Å². The van der Waals surface area contributed by atoms with Gasteiger partial charge in [0.1, 0.15) is 11.6 Å². The first-order chi connectivity index (χ1) is 9.56. The molecule has 2 aromatic rings. The third kappa shape index (κ3) is 3.81. The fourth-order valence-electron chi connectivity index (χ4n) is 1.57. The van der Waals surface area contributed by atoms with Crippen LogP contribution in [0.2, 0.25) is 0 Å². The molecule has 1 atom stereocenters. The van der Waals surface area contributed by atoms with E-state index in [0.717, 1.165) is 4.47 Å². The number of hydrogen-bond donors (Lipinski definition) is 1. The topological polar surface area (TPSA) is 38.3 Å². The molecule has 0 aliphatic carbocycles. The smallest absolute Gasteiger partial charge is 0.265 e. The van der Waals surface area contributed by atoms with E-state index in [1.807, 2.05) is 18.2 Å². The summed E-state index contributed by atoms with van der Waals surface area (Å²) < 4.78 is 19.0. The van der Waals surface area contributed by atoms with Crippen LogP contribution in [0.25, 0.3) is 0 Å². The van der Waals surface area contributed by atoms with Crippen molar-refractivity contribution >= 4 is 27.5 Å². The highest BCUT2D eigenvalue weighted by Crippen LogP contribution is 2.21. The van der Waals surface area contributed by atoms with E-state index in [-0.39, 0.29) is 11.7 Å². The number of ether oxygens (including phenoxy) is 1. The molecule has 2 aromatic carbocycles. The number of nitrogens with one attached hydrogen (secondary N) is 1. The van der Waals surface area contributed by atoms with Gasteiger partial charge in [-0.2, -0.15) is 0 Å². The number of rotatable bonds is 4. The van der Waals surface area contributed by atoms with Crippen LogP contribution in [0, 0.1) is 5.82 Å². The number of para-hydroxylation sites is 1. The summed E-state index contributed by atoms with van der Waals surface area (Å²) in [6.07, 6.45) is -0.687. The molecule has 0 aliphatic heterocycles. The number of amides is 1. The van der Waals surface area contributed by atoms with Gasteiger partial charge in [-0.15, -0.1) is 0 Å². The van der Waals surface area contributed by atoms with E-state index >= 15 is 0 Å². The molecule has 0 saturated carbocycles. The maximum Gasteiger partial charge on any atom is 0.265 e. The number of benzene rings is 2. The van der Waals surface area contributed by atoms with Crippen LogP contribution in [-0.2, 0) is 4.79 Å². The quantitative estimate of drug-likeness (QED) is 0.915. The van der Waals surface area contributed by atoms with Crippen LogP contribution in [0.5, 0.6) is 5.75 Å². The molecule has 1 N–H and O–H groups in total. The van der Waals surface area contributed by atoms with Crippen LogP contribution in [0.1, 0.15) is 6.92 Å². The summed E-state index contributed by atoms with van der Waals surface area (Å²) in [5, 5.41) is 2.76. The highest BCUT2D eigenvalue weighted by molar-refractivity contribution is 9.10. The van der Waals surface area contributed by atoms with E-state index in [9.17, 15) is 9.18 Å². The van der Waals surface area contributed by atoms with Crippen molar-refractivity contribution in [2.75, 3.05) is 5.32 Å². The molecule has 0 bridgehead atoms. The number of carbonyl (C=O) groups is 1.